The number of para-hydroxylation sites is 2. The minimum Gasteiger partial charge on any atom is -0.454 e. The molecule has 0 spiro atoms. The molecule has 226 valence electrons. The molecule has 0 saturated carbocycles. The van der Waals surface area contributed by atoms with Crippen molar-refractivity contribution in [3.05, 3.63) is 96.2 Å². The molecule has 13 nitrogen and oxygen atoms in total. The Morgan fingerprint density at radius 2 is 1.66 bits per heavy atom. The normalized spacial score (nSPS) is 15.6. The molecule has 13 heteroatoms. The lowest BCUT2D eigenvalue weighted by molar-refractivity contribution is 0.0342. The number of aromatic nitrogens is 2. The van der Waals surface area contributed by atoms with E-state index in [0.717, 1.165) is 0 Å². The van der Waals surface area contributed by atoms with Gasteiger partial charge >= 0.3 is 12.1 Å². The lowest BCUT2D eigenvalue weighted by atomic mass is 10.1. The summed E-state index contributed by atoms with van der Waals surface area (Å²) in [7, 11) is 1.63. The maximum absolute atomic E-state index is 14.4. The number of hydrogen-bond donors (Lipinski definition) is 2. The minimum absolute atomic E-state index is 0.0121. The maximum atomic E-state index is 14.4. The van der Waals surface area contributed by atoms with E-state index in [9.17, 15) is 19.2 Å². The largest absolute Gasteiger partial charge is 0.559 e. The molecular weight excluding hydrogens is 566 g/mol. The van der Waals surface area contributed by atoms with Crippen LogP contribution in [0.25, 0.3) is 0 Å². The van der Waals surface area contributed by atoms with Crippen molar-refractivity contribution in [2.45, 2.75) is 33.3 Å². The molecule has 1 aliphatic rings. The van der Waals surface area contributed by atoms with Gasteiger partial charge in [-0.2, -0.15) is 9.89 Å². The molecule has 3 heterocycles. The van der Waals surface area contributed by atoms with Gasteiger partial charge < -0.3 is 14.5 Å². The van der Waals surface area contributed by atoms with Gasteiger partial charge in [-0.05, 0) is 63.1 Å². The Balaban J connectivity index is 1.54. The number of nitrogens with one attached hydrogen (secondary N) is 2. The van der Waals surface area contributed by atoms with Crippen LogP contribution in [0.15, 0.2) is 88.7 Å². The van der Waals surface area contributed by atoms with Crippen molar-refractivity contribution in [1.29, 1.82) is 0 Å². The third kappa shape index (κ3) is 5.47. The van der Waals surface area contributed by atoms with Crippen LogP contribution >= 0.6 is 0 Å². The van der Waals surface area contributed by atoms with Crippen LogP contribution in [0.3, 0.4) is 0 Å². The number of fused-ring (bicyclic) bond motifs is 1. The van der Waals surface area contributed by atoms with Gasteiger partial charge in [0.05, 0.1) is 17.5 Å². The molecule has 44 heavy (non-hydrogen) atoms. The Morgan fingerprint density at radius 3 is 2.32 bits per heavy atom. The minimum atomic E-state index is -1.26. The van der Waals surface area contributed by atoms with Gasteiger partial charge in [-0.25, -0.2) is 4.79 Å². The lowest BCUT2D eigenvalue weighted by Crippen LogP contribution is -2.60. The van der Waals surface area contributed by atoms with Gasteiger partial charge in [0.1, 0.15) is 11.3 Å². The van der Waals surface area contributed by atoms with Gasteiger partial charge in [-0.15, -0.1) is 0 Å². The Labute approximate surface area is 253 Å². The van der Waals surface area contributed by atoms with E-state index in [1.165, 1.54) is 34.2 Å². The second-order valence-corrected chi connectivity index (χ2v) is 10.9. The number of hydrogen-bond acceptors (Lipinski definition) is 8. The smallest absolute Gasteiger partial charge is 0.454 e. The van der Waals surface area contributed by atoms with Crippen molar-refractivity contribution in [3.63, 3.8) is 0 Å². The summed E-state index contributed by atoms with van der Waals surface area (Å²) in [5.74, 6) is -1.29. The van der Waals surface area contributed by atoms with E-state index in [1.807, 2.05) is 6.07 Å². The number of anilines is 2. The third-order valence-electron chi connectivity index (χ3n) is 6.71. The van der Waals surface area contributed by atoms with Crippen LogP contribution in [0.2, 0.25) is 0 Å². The van der Waals surface area contributed by atoms with Crippen molar-refractivity contribution < 1.29 is 28.3 Å². The predicted octanol–water partition coefficient (Wildman–Crippen LogP) is 5.26. The van der Waals surface area contributed by atoms with Crippen LogP contribution in [-0.4, -0.2) is 51.7 Å². The van der Waals surface area contributed by atoms with Crippen LogP contribution in [0, 0.1) is 0 Å². The van der Waals surface area contributed by atoms with Crippen molar-refractivity contribution in [2.24, 2.45) is 12.1 Å². The number of quaternary nitrogens is 1. The molecule has 0 saturated heterocycles. The van der Waals surface area contributed by atoms with Crippen LogP contribution in [0.4, 0.5) is 26.7 Å². The number of imide groups is 1. The monoisotopic (exact) mass is 598 g/mol. The summed E-state index contributed by atoms with van der Waals surface area (Å²) in [5, 5.41) is 13.9. The highest BCUT2D eigenvalue weighted by atomic mass is 16.6. The summed E-state index contributed by atoms with van der Waals surface area (Å²) in [6.07, 6.45) is 1.81. The number of carbonyl (C=O) groups excluding carboxylic acids is 4. The molecule has 4 aromatic rings. The number of furan rings is 1. The van der Waals surface area contributed by atoms with Crippen LogP contribution < -0.4 is 20.1 Å². The van der Waals surface area contributed by atoms with E-state index in [-0.39, 0.29) is 40.8 Å². The molecule has 1 unspecified atom stereocenters. The van der Waals surface area contributed by atoms with Gasteiger partial charge in [-0.3, -0.25) is 24.5 Å². The number of rotatable bonds is 5. The zero-order chi connectivity index (χ0) is 31.6. The second kappa shape index (κ2) is 11.6. The Morgan fingerprint density at radius 1 is 0.955 bits per heavy atom. The molecule has 2 aromatic carbocycles. The number of amides is 5. The van der Waals surface area contributed by atoms with E-state index in [4.69, 9.17) is 9.15 Å². The van der Waals surface area contributed by atoms with Gasteiger partial charge in [-0.1, -0.05) is 30.3 Å². The number of benzene rings is 2. The summed E-state index contributed by atoms with van der Waals surface area (Å²) in [4.78, 5) is 56.2. The fourth-order valence-corrected chi connectivity index (χ4v) is 4.72. The van der Waals surface area contributed by atoms with Gasteiger partial charge in [0, 0.05) is 36.1 Å². The Hall–Kier alpha value is -5.56. The van der Waals surface area contributed by atoms with Gasteiger partial charge in [0.2, 0.25) is 17.3 Å². The number of ether oxygens (including phenoxy) is 1. The summed E-state index contributed by atoms with van der Waals surface area (Å²) in [6, 6.07) is 17.5. The highest BCUT2D eigenvalue weighted by Gasteiger charge is 2.61. The molecule has 0 aliphatic carbocycles. The summed E-state index contributed by atoms with van der Waals surface area (Å²) < 4.78 is 11.5. The molecular formula is C31H32N7O6+. The van der Waals surface area contributed by atoms with Gasteiger partial charge in [0.25, 0.3) is 11.8 Å². The first-order valence-corrected chi connectivity index (χ1v) is 13.8. The van der Waals surface area contributed by atoms with E-state index in [1.54, 1.807) is 83.3 Å². The van der Waals surface area contributed by atoms with Crippen molar-refractivity contribution in [1.82, 2.24) is 19.7 Å². The first-order valence-electron chi connectivity index (χ1n) is 13.8. The van der Waals surface area contributed by atoms with Crippen molar-refractivity contribution >= 4 is 46.8 Å². The first kappa shape index (κ1) is 29.9. The Bertz CT molecular complexity index is 1770. The topological polar surface area (TPSA) is 148 Å². The standard InChI is InChI=1S/C31H31N7O6/c1-6-37(20-12-8-7-9-13-20)29(41)38(30(42)44-31(2,3)4)24-17-19-43-25(24)26(35-38)34-27(39)21-14-10-11-15-22(21)33-28(40)23-16-18-32-36(23)5/h7-19H,6H2,1-5H3,(H-,33,34,35,39,40)/p+1. The number of amidine groups is 1. The molecule has 5 amide bonds. The molecule has 1 atom stereocenters. The first-order chi connectivity index (χ1) is 21.0. The summed E-state index contributed by atoms with van der Waals surface area (Å²) in [5.41, 5.74) is 0.260. The molecule has 2 aromatic heterocycles. The highest BCUT2D eigenvalue weighted by molar-refractivity contribution is 6.23. The lowest BCUT2D eigenvalue weighted by Gasteiger charge is -2.30. The fraction of sp³-hybridized carbons (Fsp3) is 0.226. The zero-order valence-corrected chi connectivity index (χ0v) is 24.9. The molecule has 5 rings (SSSR count). The van der Waals surface area contributed by atoms with Crippen molar-refractivity contribution in [2.75, 3.05) is 16.8 Å². The van der Waals surface area contributed by atoms with Crippen LogP contribution in [0.5, 0.6) is 0 Å². The van der Waals surface area contributed by atoms with E-state index >= 15 is 0 Å². The van der Waals surface area contributed by atoms with Crippen LogP contribution in [0.1, 0.15) is 54.3 Å². The van der Waals surface area contributed by atoms with E-state index in [2.05, 4.69) is 20.8 Å². The number of urea groups is 1. The average Bonchev–Trinajstić information content (AvgIpc) is 3.71. The molecule has 2 N–H and O–H groups in total. The van der Waals surface area contributed by atoms with E-state index in [0.29, 0.717) is 5.69 Å². The van der Waals surface area contributed by atoms with Crippen LogP contribution in [-0.2, 0) is 11.8 Å². The average molecular weight is 599 g/mol. The third-order valence-corrected chi connectivity index (χ3v) is 6.71. The number of aryl methyl sites for hydroxylation is 1. The number of carbonyl (C=O) groups is 4. The van der Waals surface area contributed by atoms with Crippen molar-refractivity contribution in [3.8, 4) is 0 Å². The predicted molar refractivity (Wildman–Crippen MR) is 163 cm³/mol. The molecule has 0 radical (unpaired) electrons. The molecule has 0 fully saturated rings. The highest BCUT2D eigenvalue weighted by Crippen LogP contribution is 2.39. The molecule has 0 bridgehead atoms. The fourth-order valence-electron chi connectivity index (χ4n) is 4.72. The number of nitrogens with zero attached hydrogens (tertiary/aromatic N) is 5. The zero-order valence-electron chi connectivity index (χ0n) is 24.9. The summed E-state index contributed by atoms with van der Waals surface area (Å²) in [6.45, 7) is 7.01. The SMILES string of the molecule is CCN(C(=O)[N+]1(C(=O)OC(C)(C)C)N=C(NC(=O)c2ccccc2NC(=O)c2ccnn2C)c2occc21)c1ccccc1. The van der Waals surface area contributed by atoms with E-state index < -0.39 is 34.1 Å². The van der Waals surface area contributed by atoms with Gasteiger partial charge in [0.15, 0.2) is 0 Å². The maximum Gasteiger partial charge on any atom is 0.559 e. The quantitative estimate of drug-likeness (QED) is 0.298. The second-order valence-electron chi connectivity index (χ2n) is 10.9. The Kier molecular flexibility index (Phi) is 7.89. The summed E-state index contributed by atoms with van der Waals surface area (Å²) >= 11 is 0. The molecule has 1 aliphatic heterocycles.